The first-order chi connectivity index (χ1) is 15.3. The van der Waals surface area contributed by atoms with E-state index in [-0.39, 0.29) is 22.8 Å². The van der Waals surface area contributed by atoms with Gasteiger partial charge in [0.05, 0.1) is 0 Å². The summed E-state index contributed by atoms with van der Waals surface area (Å²) in [7, 11) is 0. The van der Waals surface area contributed by atoms with E-state index in [9.17, 15) is 9.59 Å². The zero-order valence-electron chi connectivity index (χ0n) is 19.8. The van der Waals surface area contributed by atoms with Crippen LogP contribution in [0.25, 0.3) is 0 Å². The van der Waals surface area contributed by atoms with Crippen molar-refractivity contribution in [1.29, 1.82) is 0 Å². The summed E-state index contributed by atoms with van der Waals surface area (Å²) in [5, 5.41) is 0. The Morgan fingerprint density at radius 1 is 0.719 bits per heavy atom. The summed E-state index contributed by atoms with van der Waals surface area (Å²) in [6, 6.07) is 4.26. The number of rotatable bonds is 5. The quantitative estimate of drug-likeness (QED) is 0.365. The van der Waals surface area contributed by atoms with Crippen LogP contribution in [0.2, 0.25) is 0 Å². The van der Waals surface area contributed by atoms with Crippen molar-refractivity contribution in [2.24, 2.45) is 22.7 Å². The molecule has 0 aliphatic heterocycles. The van der Waals surface area contributed by atoms with Gasteiger partial charge in [0.1, 0.15) is 0 Å². The Morgan fingerprint density at radius 3 is 1.41 bits per heavy atom. The molecule has 6 fully saturated rings. The molecule has 32 heavy (non-hydrogen) atoms. The standard InChI is InChI=1S/C27H37IO4/c1-18-16-19(2)23(20(3)17-18)28(31-24(29)26-10-4-21(5-11-26)6-12-26)32-25(30)27-13-7-22(8-14-27)9-15-27/h16-17,21-22H,4-15H2,1-3H3. The van der Waals surface area contributed by atoms with Crippen molar-refractivity contribution in [3.05, 3.63) is 32.4 Å². The second-order valence-corrected chi connectivity index (χ2v) is 14.4. The predicted octanol–water partition coefficient (Wildman–Crippen LogP) is 7.15. The molecule has 4 bridgehead atoms. The third-order valence-electron chi connectivity index (χ3n) is 9.07. The van der Waals surface area contributed by atoms with Crippen LogP contribution in [0.1, 0.15) is 93.7 Å². The van der Waals surface area contributed by atoms with Crippen LogP contribution in [0, 0.1) is 47.0 Å². The molecule has 5 heteroatoms. The Kier molecular flexibility index (Phi) is 6.09. The minimum atomic E-state index is -2.96. The van der Waals surface area contributed by atoms with Gasteiger partial charge in [-0.2, -0.15) is 0 Å². The molecule has 6 saturated carbocycles. The summed E-state index contributed by atoms with van der Waals surface area (Å²) in [4.78, 5) is 27.2. The molecule has 0 radical (unpaired) electrons. The van der Waals surface area contributed by atoms with Crippen LogP contribution in [0.4, 0.5) is 0 Å². The van der Waals surface area contributed by atoms with Crippen LogP contribution >= 0.6 is 20.6 Å². The fraction of sp³-hybridized carbons (Fsp3) is 0.704. The van der Waals surface area contributed by atoms with Crippen LogP contribution in [0.5, 0.6) is 0 Å². The molecule has 0 amide bonds. The van der Waals surface area contributed by atoms with E-state index in [0.29, 0.717) is 0 Å². The zero-order valence-corrected chi connectivity index (χ0v) is 22.0. The van der Waals surface area contributed by atoms with E-state index in [0.717, 1.165) is 104 Å². The average Bonchev–Trinajstić information content (AvgIpc) is 2.80. The molecule has 7 rings (SSSR count). The maximum atomic E-state index is 13.6. The maximum absolute atomic E-state index is 13.6. The SMILES string of the molecule is Cc1cc(C)c(I(OC(=O)C23CCC(CC2)CC3)OC(=O)C23CCC(CC2)CC3)c(C)c1. The van der Waals surface area contributed by atoms with E-state index in [1.165, 1.54) is 5.56 Å². The third kappa shape index (κ3) is 4.01. The van der Waals surface area contributed by atoms with Gasteiger partial charge in [-0.25, -0.2) is 0 Å². The minimum absolute atomic E-state index is 0.0853. The molecule has 6 aliphatic rings. The Labute approximate surface area is 200 Å². The first kappa shape index (κ1) is 22.7. The van der Waals surface area contributed by atoms with E-state index in [1.807, 2.05) is 0 Å². The molecule has 0 aromatic heterocycles. The Hall–Kier alpha value is -1.11. The molecule has 176 valence electrons. The summed E-state index contributed by atoms with van der Waals surface area (Å²) >= 11 is -2.96. The fourth-order valence-corrected chi connectivity index (χ4v) is 10.8. The number of fused-ring (bicyclic) bond motifs is 6. The van der Waals surface area contributed by atoms with E-state index in [1.54, 1.807) is 0 Å². The summed E-state index contributed by atoms with van der Waals surface area (Å²) in [5.41, 5.74) is 2.67. The Morgan fingerprint density at radius 2 is 1.06 bits per heavy atom. The number of carbonyl (C=O) groups excluding carboxylic acids is 2. The van der Waals surface area contributed by atoms with Gasteiger partial charge in [0.25, 0.3) is 0 Å². The molecule has 1 aromatic carbocycles. The van der Waals surface area contributed by atoms with Crippen molar-refractivity contribution in [3.63, 3.8) is 0 Å². The van der Waals surface area contributed by atoms with Crippen molar-refractivity contribution >= 4 is 32.6 Å². The van der Waals surface area contributed by atoms with Crippen molar-refractivity contribution in [3.8, 4) is 0 Å². The van der Waals surface area contributed by atoms with Crippen LogP contribution in [-0.2, 0) is 15.7 Å². The van der Waals surface area contributed by atoms with E-state index >= 15 is 0 Å². The van der Waals surface area contributed by atoms with Gasteiger partial charge in [-0.15, -0.1) is 0 Å². The van der Waals surface area contributed by atoms with Crippen LogP contribution in [0.3, 0.4) is 0 Å². The summed E-state index contributed by atoms with van der Waals surface area (Å²) in [6.07, 6.45) is 12.4. The van der Waals surface area contributed by atoms with Crippen LogP contribution < -0.4 is 0 Å². The van der Waals surface area contributed by atoms with E-state index in [4.69, 9.17) is 6.13 Å². The van der Waals surface area contributed by atoms with Gasteiger partial charge in [0, 0.05) is 0 Å². The van der Waals surface area contributed by atoms with Gasteiger partial charge in [-0.1, -0.05) is 0 Å². The molecular weight excluding hydrogens is 515 g/mol. The second-order valence-electron chi connectivity index (χ2n) is 11.2. The molecule has 0 saturated heterocycles. The van der Waals surface area contributed by atoms with Gasteiger partial charge < -0.3 is 0 Å². The van der Waals surface area contributed by atoms with Crippen molar-refractivity contribution in [2.45, 2.75) is 97.8 Å². The topological polar surface area (TPSA) is 52.6 Å². The first-order valence-corrected chi connectivity index (χ1v) is 15.4. The second kappa shape index (κ2) is 8.59. The molecule has 4 nitrogen and oxygen atoms in total. The third-order valence-corrected chi connectivity index (χ3v) is 13.3. The summed E-state index contributed by atoms with van der Waals surface area (Å²) < 4.78 is 13.7. The molecule has 0 spiro atoms. The van der Waals surface area contributed by atoms with Crippen molar-refractivity contribution in [1.82, 2.24) is 0 Å². The number of aryl methyl sites for hydroxylation is 3. The molecule has 0 heterocycles. The van der Waals surface area contributed by atoms with E-state index in [2.05, 4.69) is 32.9 Å². The number of halogens is 1. The van der Waals surface area contributed by atoms with Gasteiger partial charge >= 0.3 is 201 Å². The Bertz CT molecular complexity index is 810. The van der Waals surface area contributed by atoms with Crippen molar-refractivity contribution in [2.75, 3.05) is 0 Å². The first-order valence-electron chi connectivity index (χ1n) is 12.5. The van der Waals surface area contributed by atoms with Crippen molar-refractivity contribution < 1.29 is 15.7 Å². The molecule has 1 aromatic rings. The zero-order chi connectivity index (χ0) is 22.5. The molecule has 6 aliphatic carbocycles. The van der Waals surface area contributed by atoms with Crippen LogP contribution in [0.15, 0.2) is 12.1 Å². The molecule has 0 N–H and O–H groups in total. The number of hydrogen-bond acceptors (Lipinski definition) is 4. The van der Waals surface area contributed by atoms with Gasteiger partial charge in [0.2, 0.25) is 0 Å². The van der Waals surface area contributed by atoms with Gasteiger partial charge in [-0.05, 0) is 0 Å². The number of hydrogen-bond donors (Lipinski definition) is 0. The molecule has 0 unspecified atom stereocenters. The monoisotopic (exact) mass is 552 g/mol. The fourth-order valence-electron chi connectivity index (χ4n) is 6.90. The van der Waals surface area contributed by atoms with Crippen LogP contribution in [-0.4, -0.2) is 11.9 Å². The molecule has 0 atom stereocenters. The van der Waals surface area contributed by atoms with E-state index < -0.39 is 20.6 Å². The predicted molar refractivity (Wildman–Crippen MR) is 133 cm³/mol. The number of benzene rings is 1. The summed E-state index contributed by atoms with van der Waals surface area (Å²) in [5.74, 6) is 1.41. The van der Waals surface area contributed by atoms with Gasteiger partial charge in [0.15, 0.2) is 0 Å². The average molecular weight is 552 g/mol. The van der Waals surface area contributed by atoms with Gasteiger partial charge in [-0.3, -0.25) is 0 Å². The number of carbonyl (C=O) groups is 2. The normalized spacial score (nSPS) is 33.7. The summed E-state index contributed by atoms with van der Waals surface area (Å²) in [6.45, 7) is 6.21. The molecular formula is C27H37IO4. The Balaban J connectivity index is 1.43.